The number of pyridine rings is 1. The quantitative estimate of drug-likeness (QED) is 0.867. The van der Waals surface area contributed by atoms with Crippen molar-refractivity contribution < 1.29 is 4.74 Å². The summed E-state index contributed by atoms with van der Waals surface area (Å²) in [6.07, 6.45) is 2.78. The van der Waals surface area contributed by atoms with Gasteiger partial charge in [0.1, 0.15) is 5.82 Å². The van der Waals surface area contributed by atoms with Crippen molar-refractivity contribution in [2.45, 2.75) is 32.4 Å². The molecule has 1 atom stereocenters. The summed E-state index contributed by atoms with van der Waals surface area (Å²) >= 11 is 0. The maximum absolute atomic E-state index is 5.45. The number of hydrogen-bond donors (Lipinski definition) is 1. The van der Waals surface area contributed by atoms with Gasteiger partial charge in [0.2, 0.25) is 0 Å². The molecule has 4 nitrogen and oxygen atoms in total. The van der Waals surface area contributed by atoms with Gasteiger partial charge in [-0.2, -0.15) is 0 Å². The van der Waals surface area contributed by atoms with Crippen molar-refractivity contribution in [3.8, 4) is 0 Å². The third-order valence-corrected chi connectivity index (χ3v) is 3.35. The summed E-state index contributed by atoms with van der Waals surface area (Å²) in [6.45, 7) is 6.07. The molecule has 1 aliphatic rings. The number of nitrogens with zero attached hydrogens (tertiary/aromatic N) is 2. The molecule has 0 bridgehead atoms. The molecular formula is C14H23N3O. The van der Waals surface area contributed by atoms with E-state index in [2.05, 4.69) is 34.3 Å². The highest BCUT2D eigenvalue weighted by Gasteiger charge is 2.19. The van der Waals surface area contributed by atoms with E-state index in [0.717, 1.165) is 37.7 Å². The maximum Gasteiger partial charge on any atom is 0.126 e. The zero-order valence-corrected chi connectivity index (χ0v) is 11.4. The third kappa shape index (κ3) is 3.68. The van der Waals surface area contributed by atoms with Crippen LogP contribution < -0.4 is 5.32 Å². The number of aromatic nitrogens is 1. The van der Waals surface area contributed by atoms with Gasteiger partial charge in [0.15, 0.2) is 0 Å². The van der Waals surface area contributed by atoms with Crippen LogP contribution in [0.15, 0.2) is 18.2 Å². The predicted molar refractivity (Wildman–Crippen MR) is 73.7 cm³/mol. The lowest BCUT2D eigenvalue weighted by atomic mass is 10.1. The Morgan fingerprint density at radius 2 is 2.39 bits per heavy atom. The van der Waals surface area contributed by atoms with E-state index in [1.165, 1.54) is 12.8 Å². The summed E-state index contributed by atoms with van der Waals surface area (Å²) in [5.74, 6) is 0.968. The number of anilines is 1. The Morgan fingerprint density at radius 3 is 3.17 bits per heavy atom. The number of hydrogen-bond acceptors (Lipinski definition) is 4. The van der Waals surface area contributed by atoms with Gasteiger partial charge in [-0.3, -0.25) is 4.90 Å². The highest BCUT2D eigenvalue weighted by Crippen LogP contribution is 2.15. The van der Waals surface area contributed by atoms with Crippen molar-refractivity contribution in [3.05, 3.63) is 23.9 Å². The molecule has 1 saturated heterocycles. The van der Waals surface area contributed by atoms with Gasteiger partial charge in [-0.1, -0.05) is 6.07 Å². The zero-order valence-electron chi connectivity index (χ0n) is 11.4. The van der Waals surface area contributed by atoms with Gasteiger partial charge in [-0.25, -0.2) is 4.98 Å². The first-order chi connectivity index (χ1) is 8.81. The summed E-state index contributed by atoms with van der Waals surface area (Å²) in [4.78, 5) is 7.04. The van der Waals surface area contributed by atoms with Crippen LogP contribution in [0.3, 0.4) is 0 Å². The molecule has 2 rings (SSSR count). The van der Waals surface area contributed by atoms with Crippen LogP contribution >= 0.6 is 0 Å². The molecule has 0 spiro atoms. The molecule has 1 aromatic rings. The zero-order chi connectivity index (χ0) is 12.8. The standard InChI is InChI=1S/C14H23N3O/c1-3-15-14-8-4-6-12(16-14)10-17-9-5-7-13(11-17)18-2/h4,6,8,13H,3,5,7,9-11H2,1-2H3,(H,15,16). The van der Waals surface area contributed by atoms with Crippen LogP contribution in [0.1, 0.15) is 25.5 Å². The van der Waals surface area contributed by atoms with Crippen molar-refractivity contribution in [1.82, 2.24) is 9.88 Å². The highest BCUT2D eigenvalue weighted by atomic mass is 16.5. The first-order valence-electron chi connectivity index (χ1n) is 6.76. The van der Waals surface area contributed by atoms with Crippen molar-refractivity contribution >= 4 is 5.82 Å². The second kappa shape index (κ2) is 6.71. The van der Waals surface area contributed by atoms with Crippen molar-refractivity contribution in [3.63, 3.8) is 0 Å². The van der Waals surface area contributed by atoms with Gasteiger partial charge in [-0.05, 0) is 38.4 Å². The minimum Gasteiger partial charge on any atom is -0.380 e. The Labute approximate surface area is 109 Å². The Hall–Kier alpha value is -1.13. The molecule has 4 heteroatoms. The van der Waals surface area contributed by atoms with Gasteiger partial charge < -0.3 is 10.1 Å². The smallest absolute Gasteiger partial charge is 0.126 e. The normalized spacial score (nSPS) is 20.9. The summed E-state index contributed by atoms with van der Waals surface area (Å²) < 4.78 is 5.45. The minimum absolute atomic E-state index is 0.385. The first-order valence-corrected chi connectivity index (χ1v) is 6.76. The molecule has 0 radical (unpaired) electrons. The average Bonchev–Trinajstić information content (AvgIpc) is 2.40. The summed E-state index contributed by atoms with van der Waals surface area (Å²) in [5, 5.41) is 3.25. The molecule has 1 aromatic heterocycles. The van der Waals surface area contributed by atoms with Crippen molar-refractivity contribution in [2.75, 3.05) is 32.1 Å². The lowest BCUT2D eigenvalue weighted by Gasteiger charge is -2.31. The molecule has 0 aromatic carbocycles. The van der Waals surface area contributed by atoms with Gasteiger partial charge in [-0.15, -0.1) is 0 Å². The molecule has 100 valence electrons. The fourth-order valence-corrected chi connectivity index (χ4v) is 2.43. The molecule has 1 aliphatic heterocycles. The van der Waals surface area contributed by atoms with Crippen LogP contribution in [0.5, 0.6) is 0 Å². The molecule has 0 aliphatic carbocycles. The van der Waals surface area contributed by atoms with Crippen molar-refractivity contribution in [1.29, 1.82) is 0 Å². The van der Waals surface area contributed by atoms with Gasteiger partial charge in [0.25, 0.3) is 0 Å². The number of nitrogens with one attached hydrogen (secondary N) is 1. The minimum atomic E-state index is 0.385. The SMILES string of the molecule is CCNc1cccc(CN2CCCC(OC)C2)n1. The second-order valence-corrected chi connectivity index (χ2v) is 4.78. The molecule has 1 unspecified atom stereocenters. The lowest BCUT2D eigenvalue weighted by molar-refractivity contribution is 0.0281. The van der Waals surface area contributed by atoms with E-state index in [4.69, 9.17) is 4.74 Å². The third-order valence-electron chi connectivity index (χ3n) is 3.35. The highest BCUT2D eigenvalue weighted by molar-refractivity contribution is 5.34. The van der Waals surface area contributed by atoms with E-state index in [9.17, 15) is 0 Å². The molecule has 18 heavy (non-hydrogen) atoms. The van der Waals surface area contributed by atoms with E-state index < -0.39 is 0 Å². The molecular weight excluding hydrogens is 226 g/mol. The predicted octanol–water partition coefficient (Wildman–Crippen LogP) is 2.12. The van der Waals surface area contributed by atoms with E-state index >= 15 is 0 Å². The second-order valence-electron chi connectivity index (χ2n) is 4.78. The fourth-order valence-electron chi connectivity index (χ4n) is 2.43. The molecule has 2 heterocycles. The van der Waals surface area contributed by atoms with Crippen LogP contribution in [0.4, 0.5) is 5.82 Å². The van der Waals surface area contributed by atoms with E-state index in [0.29, 0.717) is 6.10 Å². The number of piperidine rings is 1. The van der Waals surface area contributed by atoms with Crippen LogP contribution in [-0.2, 0) is 11.3 Å². The molecule has 1 fully saturated rings. The lowest BCUT2D eigenvalue weighted by Crippen LogP contribution is -2.38. The first kappa shape index (κ1) is 13.3. The van der Waals surface area contributed by atoms with Crippen LogP contribution in [-0.4, -0.2) is 42.7 Å². The Bertz CT molecular complexity index is 370. The topological polar surface area (TPSA) is 37.4 Å². The number of methoxy groups -OCH3 is 1. The van der Waals surface area contributed by atoms with E-state index in [-0.39, 0.29) is 0 Å². The number of rotatable bonds is 5. The van der Waals surface area contributed by atoms with Gasteiger partial charge >= 0.3 is 0 Å². The van der Waals surface area contributed by atoms with Gasteiger partial charge in [0, 0.05) is 26.7 Å². The Kier molecular flexibility index (Phi) is 4.96. The molecule has 0 saturated carbocycles. The summed E-state index contributed by atoms with van der Waals surface area (Å²) in [5.41, 5.74) is 1.13. The van der Waals surface area contributed by atoms with Crippen LogP contribution in [0, 0.1) is 0 Å². The number of ether oxygens (including phenoxy) is 1. The fraction of sp³-hybridized carbons (Fsp3) is 0.643. The van der Waals surface area contributed by atoms with Gasteiger partial charge in [0.05, 0.1) is 11.8 Å². The largest absolute Gasteiger partial charge is 0.380 e. The Balaban J connectivity index is 1.93. The Morgan fingerprint density at radius 1 is 1.50 bits per heavy atom. The summed E-state index contributed by atoms with van der Waals surface area (Å²) in [7, 11) is 1.80. The maximum atomic E-state index is 5.45. The average molecular weight is 249 g/mol. The van der Waals surface area contributed by atoms with Crippen LogP contribution in [0.2, 0.25) is 0 Å². The molecule has 1 N–H and O–H groups in total. The molecule has 0 amide bonds. The van der Waals surface area contributed by atoms with Crippen LogP contribution in [0.25, 0.3) is 0 Å². The number of likely N-dealkylation sites (tertiary alicyclic amines) is 1. The van der Waals surface area contributed by atoms with Crippen molar-refractivity contribution in [2.24, 2.45) is 0 Å². The van der Waals surface area contributed by atoms with E-state index in [1.807, 2.05) is 6.07 Å². The van der Waals surface area contributed by atoms with E-state index in [1.54, 1.807) is 7.11 Å². The summed E-state index contributed by atoms with van der Waals surface area (Å²) in [6, 6.07) is 6.18. The monoisotopic (exact) mass is 249 g/mol.